The fourth-order valence-corrected chi connectivity index (χ4v) is 2.16. The fraction of sp³-hybridized carbons (Fsp3) is 0.533. The predicted octanol–water partition coefficient (Wildman–Crippen LogP) is 3.63. The molecule has 0 fully saturated rings. The minimum absolute atomic E-state index is 0.242. The van der Waals surface area contributed by atoms with Crippen LogP contribution >= 0.6 is 0 Å². The van der Waals surface area contributed by atoms with E-state index in [0.717, 1.165) is 24.2 Å². The Morgan fingerprint density at radius 3 is 2.94 bits per heavy atom. The second kappa shape index (κ2) is 4.91. The summed E-state index contributed by atoms with van der Waals surface area (Å²) < 4.78 is 5.63. The molecule has 1 unspecified atom stereocenters. The summed E-state index contributed by atoms with van der Waals surface area (Å²) in [6.45, 7) is 6.34. The van der Waals surface area contributed by atoms with Gasteiger partial charge in [-0.2, -0.15) is 0 Å². The number of carbonyl (C=O) groups excluding carboxylic acids is 1. The van der Waals surface area contributed by atoms with E-state index in [0.29, 0.717) is 12.3 Å². The molecule has 0 N–H and O–H groups in total. The molecule has 1 aliphatic rings. The third-order valence-electron chi connectivity index (χ3n) is 3.17. The number of rotatable bonds is 4. The molecule has 0 aliphatic carbocycles. The molecule has 0 saturated carbocycles. The van der Waals surface area contributed by atoms with Crippen molar-refractivity contribution >= 4 is 5.78 Å². The highest BCUT2D eigenvalue weighted by Gasteiger charge is 2.20. The first kappa shape index (κ1) is 12.2. The summed E-state index contributed by atoms with van der Waals surface area (Å²) in [5.41, 5.74) is 2.01. The van der Waals surface area contributed by atoms with E-state index in [1.165, 1.54) is 5.56 Å². The lowest BCUT2D eigenvalue weighted by atomic mass is 9.99. The molecule has 1 aromatic carbocycles. The van der Waals surface area contributed by atoms with Crippen LogP contribution in [0.4, 0.5) is 0 Å². The van der Waals surface area contributed by atoms with Crippen molar-refractivity contribution < 1.29 is 9.53 Å². The lowest BCUT2D eigenvalue weighted by Crippen LogP contribution is -2.05. The van der Waals surface area contributed by atoms with Crippen LogP contribution in [0.1, 0.15) is 49.5 Å². The molecule has 0 bridgehead atoms. The van der Waals surface area contributed by atoms with Crippen molar-refractivity contribution in [3.8, 4) is 5.75 Å². The lowest BCUT2D eigenvalue weighted by molar-refractivity contribution is 0.0975. The van der Waals surface area contributed by atoms with Crippen LogP contribution in [-0.4, -0.2) is 11.9 Å². The Hall–Kier alpha value is -1.31. The Morgan fingerprint density at radius 1 is 1.47 bits per heavy atom. The summed E-state index contributed by atoms with van der Waals surface area (Å²) in [7, 11) is 0. The highest BCUT2D eigenvalue weighted by atomic mass is 16.5. The molecule has 1 aliphatic heterocycles. The van der Waals surface area contributed by atoms with E-state index in [2.05, 4.69) is 20.8 Å². The normalized spacial score (nSPS) is 18.0. The summed E-state index contributed by atoms with van der Waals surface area (Å²) in [6, 6.07) is 5.82. The maximum Gasteiger partial charge on any atom is 0.162 e. The zero-order chi connectivity index (χ0) is 12.4. The van der Waals surface area contributed by atoms with Crippen molar-refractivity contribution in [3.05, 3.63) is 29.3 Å². The Labute approximate surface area is 103 Å². The molecule has 0 radical (unpaired) electrons. The van der Waals surface area contributed by atoms with Crippen molar-refractivity contribution in [1.29, 1.82) is 0 Å². The maximum atomic E-state index is 12.0. The van der Waals surface area contributed by atoms with Gasteiger partial charge in [-0.3, -0.25) is 4.79 Å². The van der Waals surface area contributed by atoms with Crippen LogP contribution in [0.2, 0.25) is 0 Å². The van der Waals surface area contributed by atoms with E-state index >= 15 is 0 Å². The highest BCUT2D eigenvalue weighted by Crippen LogP contribution is 2.29. The van der Waals surface area contributed by atoms with E-state index in [1.54, 1.807) is 0 Å². The van der Waals surface area contributed by atoms with E-state index in [-0.39, 0.29) is 11.9 Å². The van der Waals surface area contributed by atoms with Gasteiger partial charge in [-0.25, -0.2) is 0 Å². The van der Waals surface area contributed by atoms with E-state index in [9.17, 15) is 4.79 Å². The Morgan fingerprint density at radius 2 is 2.24 bits per heavy atom. The number of hydrogen-bond donors (Lipinski definition) is 0. The number of fused-ring (bicyclic) bond motifs is 1. The van der Waals surface area contributed by atoms with Gasteiger partial charge < -0.3 is 4.74 Å². The van der Waals surface area contributed by atoms with Gasteiger partial charge in [0.1, 0.15) is 11.9 Å². The molecule has 1 aromatic rings. The molecule has 1 atom stereocenters. The molecule has 0 saturated heterocycles. The predicted molar refractivity (Wildman–Crippen MR) is 68.6 cm³/mol. The van der Waals surface area contributed by atoms with Gasteiger partial charge in [0.25, 0.3) is 0 Å². The van der Waals surface area contributed by atoms with Gasteiger partial charge in [0, 0.05) is 18.4 Å². The molecular weight excluding hydrogens is 212 g/mol. The topological polar surface area (TPSA) is 26.3 Å². The summed E-state index contributed by atoms with van der Waals surface area (Å²) >= 11 is 0. The number of ketones is 1. The van der Waals surface area contributed by atoms with Crippen molar-refractivity contribution in [2.75, 3.05) is 0 Å². The van der Waals surface area contributed by atoms with Gasteiger partial charge in [-0.1, -0.05) is 13.8 Å². The van der Waals surface area contributed by atoms with Gasteiger partial charge in [-0.15, -0.1) is 0 Å². The average Bonchev–Trinajstić information content (AvgIpc) is 2.64. The second-order valence-corrected chi connectivity index (χ2v) is 5.31. The molecule has 0 spiro atoms. The third-order valence-corrected chi connectivity index (χ3v) is 3.17. The SMILES string of the molecule is CC(C)CCC(=O)c1ccc2c(c1)CC(C)O2. The second-order valence-electron chi connectivity index (χ2n) is 5.31. The standard InChI is InChI=1S/C15H20O2/c1-10(2)4-6-14(16)12-5-7-15-13(9-12)8-11(3)17-15/h5,7,9-11H,4,6,8H2,1-3H3. The van der Waals surface area contributed by atoms with Gasteiger partial charge in [0.2, 0.25) is 0 Å². The van der Waals surface area contributed by atoms with Gasteiger partial charge in [0.05, 0.1) is 0 Å². The van der Waals surface area contributed by atoms with Crippen molar-refractivity contribution in [2.24, 2.45) is 5.92 Å². The summed E-state index contributed by atoms with van der Waals surface area (Å²) in [5.74, 6) is 1.77. The minimum atomic E-state index is 0.242. The summed E-state index contributed by atoms with van der Waals surface area (Å²) in [6.07, 6.45) is 2.77. The van der Waals surface area contributed by atoms with E-state index < -0.39 is 0 Å². The van der Waals surface area contributed by atoms with Gasteiger partial charge in [-0.05, 0) is 43.0 Å². The fourth-order valence-electron chi connectivity index (χ4n) is 2.16. The largest absolute Gasteiger partial charge is 0.490 e. The van der Waals surface area contributed by atoms with Crippen LogP contribution in [0.15, 0.2) is 18.2 Å². The number of benzene rings is 1. The molecule has 1 heterocycles. The molecule has 2 heteroatoms. The Balaban J connectivity index is 2.08. The first-order chi connectivity index (χ1) is 8.06. The first-order valence-corrected chi connectivity index (χ1v) is 6.39. The Kier molecular flexibility index (Phi) is 3.51. The van der Waals surface area contributed by atoms with Crippen LogP contribution in [0.3, 0.4) is 0 Å². The average molecular weight is 232 g/mol. The smallest absolute Gasteiger partial charge is 0.162 e. The number of carbonyl (C=O) groups is 1. The molecule has 0 amide bonds. The number of ether oxygens (including phenoxy) is 1. The van der Waals surface area contributed by atoms with Crippen molar-refractivity contribution in [2.45, 2.75) is 46.1 Å². The monoisotopic (exact) mass is 232 g/mol. The molecular formula is C15H20O2. The van der Waals surface area contributed by atoms with Crippen LogP contribution in [0, 0.1) is 5.92 Å². The molecule has 2 rings (SSSR count). The van der Waals surface area contributed by atoms with Crippen LogP contribution in [-0.2, 0) is 6.42 Å². The van der Waals surface area contributed by atoms with Gasteiger partial charge in [0.15, 0.2) is 5.78 Å². The summed E-state index contributed by atoms with van der Waals surface area (Å²) in [4.78, 5) is 12.0. The minimum Gasteiger partial charge on any atom is -0.490 e. The van der Waals surface area contributed by atoms with Crippen LogP contribution in [0.25, 0.3) is 0 Å². The highest BCUT2D eigenvalue weighted by molar-refractivity contribution is 5.96. The maximum absolute atomic E-state index is 12.0. The number of Topliss-reactive ketones (excluding diaryl/α,β-unsaturated/α-hetero) is 1. The number of hydrogen-bond acceptors (Lipinski definition) is 2. The molecule has 0 aromatic heterocycles. The van der Waals surface area contributed by atoms with Crippen LogP contribution < -0.4 is 4.74 Å². The Bertz CT molecular complexity index is 421. The van der Waals surface area contributed by atoms with Crippen molar-refractivity contribution in [3.63, 3.8) is 0 Å². The molecule has 17 heavy (non-hydrogen) atoms. The zero-order valence-corrected chi connectivity index (χ0v) is 10.8. The zero-order valence-electron chi connectivity index (χ0n) is 10.8. The quantitative estimate of drug-likeness (QED) is 0.741. The lowest BCUT2D eigenvalue weighted by Gasteiger charge is -2.05. The van der Waals surface area contributed by atoms with E-state index in [1.807, 2.05) is 18.2 Å². The van der Waals surface area contributed by atoms with E-state index in [4.69, 9.17) is 4.74 Å². The third kappa shape index (κ3) is 2.87. The van der Waals surface area contributed by atoms with Crippen molar-refractivity contribution in [1.82, 2.24) is 0 Å². The van der Waals surface area contributed by atoms with Crippen LogP contribution in [0.5, 0.6) is 5.75 Å². The van der Waals surface area contributed by atoms with Gasteiger partial charge >= 0.3 is 0 Å². The molecule has 2 nitrogen and oxygen atoms in total. The first-order valence-electron chi connectivity index (χ1n) is 6.39. The molecule has 92 valence electrons. The summed E-state index contributed by atoms with van der Waals surface area (Å²) in [5, 5.41) is 0.